The van der Waals surface area contributed by atoms with Gasteiger partial charge in [0.1, 0.15) is 11.4 Å². The summed E-state index contributed by atoms with van der Waals surface area (Å²) in [6.07, 6.45) is 8.18. The van der Waals surface area contributed by atoms with Gasteiger partial charge in [0.2, 0.25) is 0 Å². The number of ketones is 2. The Bertz CT molecular complexity index is 535. The minimum atomic E-state index is -1.21. The molecule has 0 N–H and O–H groups in total. The molecular weight excluding hydrogens is 268 g/mol. The Morgan fingerprint density at radius 2 is 2.19 bits per heavy atom. The Morgan fingerprint density at radius 3 is 2.76 bits per heavy atom. The Balaban J connectivity index is 1.96. The topological polar surface area (TPSA) is 60.4 Å². The molecule has 2 aliphatic carbocycles. The molecular formula is C17H22O4. The molecule has 4 atom stereocenters. The van der Waals surface area contributed by atoms with E-state index >= 15 is 0 Å². The molecule has 0 radical (unpaired) electrons. The van der Waals surface area contributed by atoms with Gasteiger partial charge >= 0.3 is 5.97 Å². The molecule has 0 aromatic carbocycles. The van der Waals surface area contributed by atoms with Gasteiger partial charge in [0.25, 0.3) is 0 Å². The predicted octanol–water partition coefficient (Wildman–Crippen LogP) is 2.60. The maximum absolute atomic E-state index is 13.0. The molecule has 0 aromatic heterocycles. The summed E-state index contributed by atoms with van der Waals surface area (Å²) in [6.45, 7) is 3.78. The molecule has 1 saturated heterocycles. The molecule has 0 spiro atoms. The second-order valence-electron chi connectivity index (χ2n) is 6.72. The third-order valence-electron chi connectivity index (χ3n) is 5.58. The quantitative estimate of drug-likeness (QED) is 0.453. The summed E-state index contributed by atoms with van der Waals surface area (Å²) in [4.78, 5) is 37.6. The van der Waals surface area contributed by atoms with E-state index in [9.17, 15) is 14.4 Å². The molecule has 0 bridgehead atoms. The fourth-order valence-electron chi connectivity index (χ4n) is 4.34. The van der Waals surface area contributed by atoms with Gasteiger partial charge < -0.3 is 4.74 Å². The van der Waals surface area contributed by atoms with Crippen molar-refractivity contribution in [2.75, 3.05) is 0 Å². The number of carbonyl (C=O) groups excluding carboxylic acids is 3. The Kier molecular flexibility index (Phi) is 3.30. The van der Waals surface area contributed by atoms with Gasteiger partial charge in [0.05, 0.1) is 5.92 Å². The zero-order valence-electron chi connectivity index (χ0n) is 12.7. The first kappa shape index (κ1) is 14.5. The third kappa shape index (κ3) is 1.71. The molecule has 0 aromatic rings. The number of fused-ring (bicyclic) bond motifs is 1. The maximum atomic E-state index is 13.0. The second kappa shape index (κ2) is 4.79. The lowest BCUT2D eigenvalue weighted by atomic mass is 9.61. The van der Waals surface area contributed by atoms with Crippen molar-refractivity contribution in [3.05, 3.63) is 12.2 Å². The van der Waals surface area contributed by atoms with Crippen LogP contribution in [-0.4, -0.2) is 23.1 Å². The second-order valence-corrected chi connectivity index (χ2v) is 6.72. The van der Waals surface area contributed by atoms with Crippen LogP contribution >= 0.6 is 0 Å². The number of hydrogen-bond donors (Lipinski definition) is 0. The van der Waals surface area contributed by atoms with Crippen LogP contribution in [0.3, 0.4) is 0 Å². The first-order valence-electron chi connectivity index (χ1n) is 7.94. The molecule has 114 valence electrons. The molecule has 2 fully saturated rings. The fraction of sp³-hybridized carbons (Fsp3) is 0.706. The van der Waals surface area contributed by atoms with Crippen molar-refractivity contribution in [3.63, 3.8) is 0 Å². The SMILES string of the molecule is CCC[C@H]1C(=O)C[C@@]2(C(=O)[C@@H]3C=CCCC3)C(=O)O[C@@]12C. The summed E-state index contributed by atoms with van der Waals surface area (Å²) in [6, 6.07) is 0. The third-order valence-corrected chi connectivity index (χ3v) is 5.58. The number of Topliss-reactive ketones (excluding diaryl/α,β-unsaturated/α-hetero) is 2. The fourth-order valence-corrected chi connectivity index (χ4v) is 4.34. The summed E-state index contributed by atoms with van der Waals surface area (Å²) in [5, 5.41) is 0. The van der Waals surface area contributed by atoms with Crippen LogP contribution < -0.4 is 0 Å². The van der Waals surface area contributed by atoms with Crippen molar-refractivity contribution in [3.8, 4) is 0 Å². The minimum Gasteiger partial charge on any atom is -0.456 e. The first-order valence-corrected chi connectivity index (χ1v) is 7.94. The molecule has 1 aliphatic heterocycles. The lowest BCUT2D eigenvalue weighted by molar-refractivity contribution is -0.236. The van der Waals surface area contributed by atoms with Gasteiger partial charge in [0.15, 0.2) is 11.2 Å². The van der Waals surface area contributed by atoms with Crippen LogP contribution in [0.15, 0.2) is 12.2 Å². The molecule has 0 amide bonds. The van der Waals surface area contributed by atoms with E-state index in [2.05, 4.69) is 0 Å². The summed E-state index contributed by atoms with van der Waals surface area (Å²) in [7, 11) is 0. The average Bonchev–Trinajstić information content (AvgIpc) is 2.65. The molecule has 0 unspecified atom stereocenters. The van der Waals surface area contributed by atoms with Crippen molar-refractivity contribution in [2.45, 2.75) is 58.0 Å². The van der Waals surface area contributed by atoms with E-state index in [0.29, 0.717) is 6.42 Å². The Labute approximate surface area is 124 Å². The number of rotatable bonds is 4. The highest BCUT2D eigenvalue weighted by molar-refractivity contribution is 6.16. The number of ether oxygens (including phenoxy) is 1. The maximum Gasteiger partial charge on any atom is 0.324 e. The van der Waals surface area contributed by atoms with Gasteiger partial charge in [-0.2, -0.15) is 0 Å². The predicted molar refractivity (Wildman–Crippen MR) is 76.4 cm³/mol. The molecule has 3 rings (SSSR count). The Morgan fingerprint density at radius 1 is 1.43 bits per heavy atom. The van der Waals surface area contributed by atoms with E-state index in [1.54, 1.807) is 6.92 Å². The van der Waals surface area contributed by atoms with E-state index < -0.39 is 17.0 Å². The summed E-state index contributed by atoms with van der Waals surface area (Å²) in [5.74, 6) is -1.13. The van der Waals surface area contributed by atoms with Crippen LogP contribution in [0.1, 0.15) is 52.4 Å². The van der Waals surface area contributed by atoms with Crippen molar-refractivity contribution in [1.82, 2.24) is 0 Å². The van der Waals surface area contributed by atoms with E-state index in [1.165, 1.54) is 0 Å². The first-order chi connectivity index (χ1) is 9.97. The van der Waals surface area contributed by atoms with Crippen molar-refractivity contribution < 1.29 is 19.1 Å². The van der Waals surface area contributed by atoms with Crippen LogP contribution in [0.2, 0.25) is 0 Å². The molecule has 4 nitrogen and oxygen atoms in total. The van der Waals surface area contributed by atoms with Gasteiger partial charge in [-0.25, -0.2) is 0 Å². The van der Waals surface area contributed by atoms with E-state index in [0.717, 1.165) is 25.7 Å². The van der Waals surface area contributed by atoms with Gasteiger partial charge in [-0.1, -0.05) is 25.5 Å². The van der Waals surface area contributed by atoms with Crippen LogP contribution in [0.4, 0.5) is 0 Å². The smallest absolute Gasteiger partial charge is 0.324 e. The molecule has 3 aliphatic rings. The normalized spacial score (nSPS) is 41.4. The number of carbonyl (C=O) groups is 3. The number of allylic oxidation sites excluding steroid dienone is 2. The molecule has 4 heteroatoms. The zero-order chi connectivity index (χ0) is 15.3. The highest BCUT2D eigenvalue weighted by Crippen LogP contribution is 2.61. The van der Waals surface area contributed by atoms with E-state index in [1.807, 2.05) is 19.1 Å². The molecule has 1 heterocycles. The summed E-state index contributed by atoms with van der Waals surface area (Å²) >= 11 is 0. The number of esters is 1. The monoisotopic (exact) mass is 290 g/mol. The van der Waals surface area contributed by atoms with Crippen LogP contribution in [-0.2, 0) is 19.1 Å². The van der Waals surface area contributed by atoms with Gasteiger partial charge in [-0.3, -0.25) is 14.4 Å². The van der Waals surface area contributed by atoms with E-state index in [4.69, 9.17) is 4.74 Å². The van der Waals surface area contributed by atoms with Crippen LogP contribution in [0.25, 0.3) is 0 Å². The van der Waals surface area contributed by atoms with Crippen LogP contribution in [0, 0.1) is 17.3 Å². The summed E-state index contributed by atoms with van der Waals surface area (Å²) in [5.41, 5.74) is -2.13. The van der Waals surface area contributed by atoms with Crippen LogP contribution in [0.5, 0.6) is 0 Å². The minimum absolute atomic E-state index is 0.0124. The van der Waals surface area contributed by atoms with Crippen molar-refractivity contribution in [2.24, 2.45) is 17.3 Å². The standard InChI is InChI=1S/C17H22O4/c1-3-7-12-13(18)10-17(15(20)21-16(12,17)2)14(19)11-8-5-4-6-9-11/h5,8,11-12H,3-4,6-7,9-10H2,1-2H3/t11-,12+,16+,17-/m1/s1. The van der Waals surface area contributed by atoms with Crippen molar-refractivity contribution >= 4 is 17.5 Å². The summed E-state index contributed by atoms with van der Waals surface area (Å²) < 4.78 is 5.40. The highest BCUT2D eigenvalue weighted by Gasteiger charge is 2.79. The molecule has 1 saturated carbocycles. The van der Waals surface area contributed by atoms with Crippen molar-refractivity contribution in [1.29, 1.82) is 0 Å². The lowest BCUT2D eigenvalue weighted by Crippen LogP contribution is -2.69. The number of hydrogen-bond acceptors (Lipinski definition) is 4. The average molecular weight is 290 g/mol. The highest BCUT2D eigenvalue weighted by atomic mass is 16.6. The van der Waals surface area contributed by atoms with Gasteiger partial charge in [0, 0.05) is 12.3 Å². The molecule has 21 heavy (non-hydrogen) atoms. The Hall–Kier alpha value is -1.45. The largest absolute Gasteiger partial charge is 0.456 e. The van der Waals surface area contributed by atoms with Gasteiger partial charge in [-0.15, -0.1) is 0 Å². The zero-order valence-corrected chi connectivity index (χ0v) is 12.7. The lowest BCUT2D eigenvalue weighted by Gasteiger charge is -2.52. The van der Waals surface area contributed by atoms with E-state index in [-0.39, 0.29) is 29.8 Å². The van der Waals surface area contributed by atoms with Gasteiger partial charge in [-0.05, 0) is 32.6 Å².